The fourth-order valence-electron chi connectivity index (χ4n) is 1.91. The summed E-state index contributed by atoms with van der Waals surface area (Å²) in [4.78, 5) is 37.7. The van der Waals surface area contributed by atoms with Crippen molar-refractivity contribution in [2.45, 2.75) is 26.2 Å². The molecule has 3 rings (SSSR count). The van der Waals surface area contributed by atoms with Crippen molar-refractivity contribution in [3.63, 3.8) is 0 Å². The molecule has 0 radical (unpaired) electrons. The Morgan fingerprint density at radius 3 is 1.97 bits per heavy atom. The standard InChI is InChI=1S/C9H7F3N2O2S.C5H7BrO3.C4H3F3N2S/c1-2-16-7(15)5-3-14-4-6(9(10,11)12)17-8(14)13-5;1-2-9-5(8)4(7)3-6;5-4(6,7)2-1-9-3(8)10-2/h3-4H,2H2,1H3;2-3H2,1H3;1H,(H2,8,9). The average Bonchev–Trinajstić information content (AvgIpc) is 3.48. The lowest BCUT2D eigenvalue weighted by atomic mass is 10.5. The highest BCUT2D eigenvalue weighted by Crippen LogP contribution is 2.35. The lowest BCUT2D eigenvalue weighted by Gasteiger charge is -1.99. The van der Waals surface area contributed by atoms with Crippen LogP contribution in [0, 0.1) is 0 Å². The molecule has 0 unspecified atom stereocenters. The van der Waals surface area contributed by atoms with Crippen LogP contribution >= 0.6 is 38.6 Å². The zero-order valence-electron chi connectivity index (χ0n) is 18.3. The van der Waals surface area contributed by atoms with Crippen LogP contribution in [0.5, 0.6) is 0 Å². The summed E-state index contributed by atoms with van der Waals surface area (Å²) in [5.74, 6) is -1.96. The second-order valence-electron chi connectivity index (χ2n) is 5.97. The number of nitrogen functional groups attached to an aromatic ring is 1. The molecule has 0 atom stereocenters. The van der Waals surface area contributed by atoms with E-state index in [4.69, 9.17) is 10.5 Å². The molecule has 200 valence electrons. The van der Waals surface area contributed by atoms with E-state index in [1.807, 2.05) is 0 Å². The maximum Gasteiger partial charge on any atom is 0.427 e. The zero-order valence-corrected chi connectivity index (χ0v) is 21.5. The molecule has 3 aromatic rings. The Balaban J connectivity index is 0.000000293. The molecule has 0 bridgehead atoms. The van der Waals surface area contributed by atoms with Gasteiger partial charge in [0.15, 0.2) is 15.8 Å². The number of ether oxygens (including phenoxy) is 2. The van der Waals surface area contributed by atoms with Crippen molar-refractivity contribution in [1.82, 2.24) is 14.4 Å². The van der Waals surface area contributed by atoms with Crippen LogP contribution in [0.4, 0.5) is 31.5 Å². The van der Waals surface area contributed by atoms with E-state index in [0.29, 0.717) is 22.7 Å². The number of hydrogen-bond donors (Lipinski definition) is 1. The van der Waals surface area contributed by atoms with E-state index >= 15 is 0 Å². The summed E-state index contributed by atoms with van der Waals surface area (Å²) in [5, 5.41) is -0.0291. The first-order valence-corrected chi connectivity index (χ1v) is 12.2. The molecule has 3 aromatic heterocycles. The van der Waals surface area contributed by atoms with E-state index in [1.165, 1.54) is 10.6 Å². The van der Waals surface area contributed by atoms with Crippen molar-refractivity contribution in [2.75, 3.05) is 24.3 Å². The minimum Gasteiger partial charge on any atom is -0.461 e. The number of carbonyl (C=O) groups excluding carboxylic acids is 3. The van der Waals surface area contributed by atoms with Crippen LogP contribution in [0.25, 0.3) is 4.96 Å². The summed E-state index contributed by atoms with van der Waals surface area (Å²) < 4.78 is 82.5. The van der Waals surface area contributed by atoms with Gasteiger partial charge >= 0.3 is 24.3 Å². The van der Waals surface area contributed by atoms with E-state index in [-0.39, 0.29) is 34.3 Å². The number of esters is 2. The van der Waals surface area contributed by atoms with Gasteiger partial charge < -0.3 is 15.2 Å². The number of thiazole rings is 2. The van der Waals surface area contributed by atoms with Crippen LogP contribution in [-0.4, -0.2) is 50.6 Å². The highest BCUT2D eigenvalue weighted by molar-refractivity contribution is 9.09. The summed E-state index contributed by atoms with van der Waals surface area (Å²) in [6.45, 7) is 3.73. The molecule has 0 fully saturated rings. The third-order valence-corrected chi connectivity index (χ3v) is 5.77. The lowest BCUT2D eigenvalue weighted by Crippen LogP contribution is -2.17. The fraction of sp³-hybridized carbons (Fsp3) is 0.389. The summed E-state index contributed by atoms with van der Waals surface area (Å²) >= 11 is 3.75. The van der Waals surface area contributed by atoms with Gasteiger partial charge in [0.25, 0.3) is 0 Å². The number of Topliss-reactive ketones (excluding diaryl/α,β-unsaturated/α-hetero) is 1. The average molecular weight is 627 g/mol. The Morgan fingerprint density at radius 2 is 1.58 bits per heavy atom. The van der Waals surface area contributed by atoms with Gasteiger partial charge in [0.2, 0.25) is 5.78 Å². The molecule has 18 heteroatoms. The predicted molar refractivity (Wildman–Crippen MR) is 121 cm³/mol. The van der Waals surface area contributed by atoms with Crippen molar-refractivity contribution in [3.8, 4) is 0 Å². The molecule has 0 spiro atoms. The molecule has 0 saturated heterocycles. The van der Waals surface area contributed by atoms with Crippen LogP contribution in [0.2, 0.25) is 0 Å². The van der Waals surface area contributed by atoms with Gasteiger partial charge in [0, 0.05) is 12.4 Å². The third kappa shape index (κ3) is 9.73. The minimum atomic E-state index is -4.39. The molecular weight excluding hydrogens is 610 g/mol. The van der Waals surface area contributed by atoms with E-state index < -0.39 is 39.8 Å². The number of halogens is 7. The number of ketones is 1. The zero-order chi connectivity index (χ0) is 27.7. The SMILES string of the molecule is CCOC(=O)C(=O)CBr.CCOC(=O)c1cn2cc(C(F)(F)F)sc2n1.Nc1ncc(C(F)(F)F)s1. The first kappa shape index (κ1) is 31.3. The fourth-order valence-corrected chi connectivity index (χ4v) is 3.53. The number of aromatic nitrogens is 3. The number of nitrogens with zero attached hydrogens (tertiary/aromatic N) is 3. The number of nitrogens with two attached hydrogens (primary N) is 1. The van der Waals surface area contributed by atoms with E-state index in [2.05, 4.69) is 30.6 Å². The molecular formula is C18H17BrF6N4O5S2. The Labute approximate surface area is 215 Å². The molecule has 3 heterocycles. The first-order valence-electron chi connectivity index (χ1n) is 9.41. The van der Waals surface area contributed by atoms with Gasteiger partial charge in [-0.1, -0.05) is 38.6 Å². The van der Waals surface area contributed by atoms with Crippen molar-refractivity contribution < 1.29 is 50.2 Å². The highest BCUT2D eigenvalue weighted by Gasteiger charge is 2.34. The third-order valence-electron chi connectivity index (χ3n) is 3.35. The number of rotatable bonds is 5. The van der Waals surface area contributed by atoms with Gasteiger partial charge in [-0.25, -0.2) is 19.6 Å². The molecule has 0 aliphatic carbocycles. The molecule has 9 nitrogen and oxygen atoms in total. The molecule has 0 aliphatic heterocycles. The van der Waals surface area contributed by atoms with Gasteiger partial charge in [0.05, 0.1) is 24.7 Å². The number of anilines is 1. The van der Waals surface area contributed by atoms with E-state index in [0.717, 1.165) is 12.4 Å². The van der Waals surface area contributed by atoms with E-state index in [1.54, 1.807) is 13.8 Å². The topological polar surface area (TPSA) is 126 Å². The lowest BCUT2D eigenvalue weighted by molar-refractivity contribution is -0.152. The molecule has 0 saturated carbocycles. The van der Waals surface area contributed by atoms with Crippen LogP contribution in [0.3, 0.4) is 0 Å². The molecule has 0 amide bonds. The van der Waals surface area contributed by atoms with Gasteiger partial charge in [0.1, 0.15) is 9.75 Å². The van der Waals surface area contributed by atoms with Gasteiger partial charge in [-0.3, -0.25) is 9.20 Å². The number of fused-ring (bicyclic) bond motifs is 1. The normalized spacial score (nSPS) is 11.1. The molecule has 2 N–H and O–H groups in total. The Hall–Kier alpha value is -2.73. The Bertz CT molecular complexity index is 1140. The van der Waals surface area contributed by atoms with Crippen LogP contribution < -0.4 is 5.73 Å². The number of imidazole rings is 1. The first-order chi connectivity index (χ1) is 16.6. The number of carbonyl (C=O) groups is 3. The number of alkyl halides is 7. The summed E-state index contributed by atoms with van der Waals surface area (Å²) in [7, 11) is 0. The van der Waals surface area contributed by atoms with Crippen molar-refractivity contribution in [1.29, 1.82) is 0 Å². The smallest absolute Gasteiger partial charge is 0.427 e. The highest BCUT2D eigenvalue weighted by atomic mass is 79.9. The van der Waals surface area contributed by atoms with Crippen molar-refractivity contribution in [2.24, 2.45) is 0 Å². The maximum absolute atomic E-state index is 12.4. The molecule has 36 heavy (non-hydrogen) atoms. The van der Waals surface area contributed by atoms with Gasteiger partial charge in [-0.15, -0.1) is 0 Å². The summed E-state index contributed by atoms with van der Waals surface area (Å²) in [6.07, 6.45) is -5.86. The van der Waals surface area contributed by atoms with Crippen molar-refractivity contribution in [3.05, 3.63) is 34.0 Å². The van der Waals surface area contributed by atoms with Crippen molar-refractivity contribution >= 4 is 66.4 Å². The second-order valence-corrected chi connectivity index (χ2v) is 8.60. The largest absolute Gasteiger partial charge is 0.461 e. The van der Waals surface area contributed by atoms with Crippen LogP contribution in [0.1, 0.15) is 34.1 Å². The number of hydrogen-bond acceptors (Lipinski definition) is 10. The second kappa shape index (κ2) is 13.5. The summed E-state index contributed by atoms with van der Waals surface area (Å²) in [5.41, 5.74) is 4.99. The minimum absolute atomic E-state index is 0.00632. The van der Waals surface area contributed by atoms with Crippen LogP contribution in [0.15, 0.2) is 18.6 Å². The Kier molecular flexibility index (Phi) is 11.8. The molecule has 0 aromatic carbocycles. The maximum atomic E-state index is 12.4. The monoisotopic (exact) mass is 626 g/mol. The quantitative estimate of drug-likeness (QED) is 0.184. The van der Waals surface area contributed by atoms with Gasteiger partial charge in [-0.2, -0.15) is 26.3 Å². The Morgan fingerprint density at radius 1 is 1.00 bits per heavy atom. The van der Waals surface area contributed by atoms with Gasteiger partial charge in [-0.05, 0) is 13.8 Å². The predicted octanol–water partition coefficient (Wildman–Crippen LogP) is 4.85. The van der Waals surface area contributed by atoms with E-state index in [9.17, 15) is 40.7 Å². The van der Waals surface area contributed by atoms with Crippen LogP contribution in [-0.2, 0) is 31.4 Å². The summed E-state index contributed by atoms with van der Waals surface area (Å²) in [6, 6.07) is 0. The molecule has 0 aliphatic rings.